The Hall–Kier alpha value is -1.58. The van der Waals surface area contributed by atoms with E-state index in [2.05, 4.69) is 38.2 Å². The van der Waals surface area contributed by atoms with Gasteiger partial charge in [-0.2, -0.15) is 0 Å². The number of ether oxygens (including phenoxy) is 1. The van der Waals surface area contributed by atoms with E-state index in [1.165, 1.54) is 135 Å². The highest BCUT2D eigenvalue weighted by Gasteiger charge is 2.14. The minimum atomic E-state index is -0.699. The number of esters is 1. The average molecular weight is 675 g/mol. The number of unbranched alkanes of at least 4 members (excludes halogenated alkanes) is 26. The molecule has 0 fully saturated rings. The van der Waals surface area contributed by atoms with Gasteiger partial charge < -0.3 is 9.84 Å². The van der Waals surface area contributed by atoms with Crippen LogP contribution in [0.25, 0.3) is 0 Å². The van der Waals surface area contributed by atoms with Crippen LogP contribution >= 0.6 is 0 Å². The van der Waals surface area contributed by atoms with E-state index < -0.39 is 5.97 Å². The van der Waals surface area contributed by atoms with Crippen LogP contribution in [-0.4, -0.2) is 23.1 Å². The Kier molecular flexibility index (Phi) is 38.5. The maximum Gasteiger partial charge on any atom is 0.306 e. The van der Waals surface area contributed by atoms with Crippen LogP contribution in [0.15, 0.2) is 24.3 Å². The van der Waals surface area contributed by atoms with Gasteiger partial charge in [-0.1, -0.05) is 179 Å². The Morgan fingerprint density at radius 1 is 0.458 bits per heavy atom. The van der Waals surface area contributed by atoms with Gasteiger partial charge in [-0.25, -0.2) is 0 Å². The van der Waals surface area contributed by atoms with E-state index in [0.717, 1.165) is 77.0 Å². The lowest BCUT2D eigenvalue weighted by Gasteiger charge is -2.18. The van der Waals surface area contributed by atoms with Crippen LogP contribution in [0, 0.1) is 0 Å². The van der Waals surface area contributed by atoms with Crippen LogP contribution in [0.5, 0.6) is 0 Å². The molecule has 0 saturated carbocycles. The lowest BCUT2D eigenvalue weighted by Crippen LogP contribution is -2.18. The molecule has 0 aromatic carbocycles. The van der Waals surface area contributed by atoms with Crippen molar-refractivity contribution in [3.8, 4) is 0 Å². The standard InChI is InChI=1S/C44H82O4/c1-3-5-7-9-11-13-15-17-19-21-23-25-27-30-34-38-42(39-35-31-29-32-36-40-43(45)46)48-44(47)41-37-33-28-26-24-22-20-18-16-14-12-10-8-6-4-2/h12,14,18,20,42H,3-11,13,15-17,19,21-41H2,1-2H3,(H,45,46)/b14-12-,20-18-. The Labute approximate surface area is 299 Å². The minimum absolute atomic E-state index is 0.00639. The first-order valence-electron chi connectivity index (χ1n) is 21.3. The number of hydrogen-bond donors (Lipinski definition) is 1. The van der Waals surface area contributed by atoms with Gasteiger partial charge >= 0.3 is 11.9 Å². The molecule has 48 heavy (non-hydrogen) atoms. The van der Waals surface area contributed by atoms with Crippen molar-refractivity contribution in [2.24, 2.45) is 0 Å². The van der Waals surface area contributed by atoms with Crippen LogP contribution in [-0.2, 0) is 14.3 Å². The fraction of sp³-hybridized carbons (Fsp3) is 0.864. The number of carboxylic acids is 1. The molecule has 0 heterocycles. The fourth-order valence-corrected chi connectivity index (χ4v) is 6.51. The predicted molar refractivity (Wildman–Crippen MR) is 209 cm³/mol. The van der Waals surface area contributed by atoms with E-state index in [9.17, 15) is 9.59 Å². The molecule has 4 nitrogen and oxygen atoms in total. The molecule has 0 aliphatic carbocycles. The molecule has 0 aromatic heterocycles. The van der Waals surface area contributed by atoms with Gasteiger partial charge in [0, 0.05) is 12.8 Å². The first kappa shape index (κ1) is 46.4. The second-order valence-electron chi connectivity index (χ2n) is 14.5. The van der Waals surface area contributed by atoms with Crippen molar-refractivity contribution in [3.63, 3.8) is 0 Å². The zero-order chi connectivity index (χ0) is 35.0. The van der Waals surface area contributed by atoms with Crippen LogP contribution in [0.2, 0.25) is 0 Å². The highest BCUT2D eigenvalue weighted by atomic mass is 16.5. The summed E-state index contributed by atoms with van der Waals surface area (Å²) in [5.74, 6) is -0.706. The molecule has 1 atom stereocenters. The van der Waals surface area contributed by atoms with Gasteiger partial charge in [0.15, 0.2) is 0 Å². The highest BCUT2D eigenvalue weighted by molar-refractivity contribution is 5.69. The molecule has 0 spiro atoms. The van der Waals surface area contributed by atoms with Crippen LogP contribution < -0.4 is 0 Å². The molecule has 0 aliphatic rings. The third-order valence-corrected chi connectivity index (χ3v) is 9.68. The maximum absolute atomic E-state index is 12.7. The molecule has 0 rings (SSSR count). The largest absolute Gasteiger partial charge is 0.481 e. The van der Waals surface area contributed by atoms with E-state index in [1.807, 2.05) is 0 Å². The Morgan fingerprint density at radius 2 is 0.812 bits per heavy atom. The van der Waals surface area contributed by atoms with Crippen molar-refractivity contribution in [2.45, 2.75) is 245 Å². The molecule has 4 heteroatoms. The van der Waals surface area contributed by atoms with Crippen LogP contribution in [0.3, 0.4) is 0 Å². The smallest absolute Gasteiger partial charge is 0.306 e. The summed E-state index contributed by atoms with van der Waals surface area (Å²) >= 11 is 0. The molecular weight excluding hydrogens is 592 g/mol. The molecule has 0 saturated heterocycles. The predicted octanol–water partition coefficient (Wildman–Crippen LogP) is 14.8. The van der Waals surface area contributed by atoms with Gasteiger partial charge in [-0.05, 0) is 70.6 Å². The zero-order valence-electron chi connectivity index (χ0n) is 32.3. The van der Waals surface area contributed by atoms with Crippen molar-refractivity contribution >= 4 is 11.9 Å². The van der Waals surface area contributed by atoms with E-state index in [4.69, 9.17) is 9.84 Å². The second kappa shape index (κ2) is 39.9. The number of carbonyl (C=O) groups excluding carboxylic acids is 1. The lowest BCUT2D eigenvalue weighted by atomic mass is 10.0. The SMILES string of the molecule is CCCCC/C=C\C/C=C\CCCCCCCC(=O)OC(CCCCCCCCCCCCCCCCC)CCCCCCCC(=O)O. The van der Waals surface area contributed by atoms with Crippen molar-refractivity contribution in [2.75, 3.05) is 0 Å². The van der Waals surface area contributed by atoms with Crippen LogP contribution in [0.4, 0.5) is 0 Å². The second-order valence-corrected chi connectivity index (χ2v) is 14.5. The lowest BCUT2D eigenvalue weighted by molar-refractivity contribution is -0.150. The summed E-state index contributed by atoms with van der Waals surface area (Å²) in [4.78, 5) is 23.4. The Bertz CT molecular complexity index is 727. The van der Waals surface area contributed by atoms with Gasteiger partial charge in [0.25, 0.3) is 0 Å². The summed E-state index contributed by atoms with van der Waals surface area (Å²) in [6, 6.07) is 0. The normalized spacial score (nSPS) is 12.4. The van der Waals surface area contributed by atoms with Crippen LogP contribution in [0.1, 0.15) is 239 Å². The third kappa shape index (κ3) is 38.9. The summed E-state index contributed by atoms with van der Waals surface area (Å²) in [6.07, 6.45) is 50.6. The molecule has 0 amide bonds. The monoisotopic (exact) mass is 675 g/mol. The van der Waals surface area contributed by atoms with E-state index in [0.29, 0.717) is 6.42 Å². The van der Waals surface area contributed by atoms with E-state index >= 15 is 0 Å². The number of allylic oxidation sites excluding steroid dienone is 4. The average Bonchev–Trinajstić information content (AvgIpc) is 3.07. The number of aliphatic carboxylic acids is 1. The quantitative estimate of drug-likeness (QED) is 0.0400. The zero-order valence-corrected chi connectivity index (χ0v) is 32.3. The minimum Gasteiger partial charge on any atom is -0.481 e. The fourth-order valence-electron chi connectivity index (χ4n) is 6.51. The molecule has 1 N–H and O–H groups in total. The van der Waals surface area contributed by atoms with Gasteiger partial charge in [0.2, 0.25) is 0 Å². The molecule has 0 aromatic rings. The van der Waals surface area contributed by atoms with Gasteiger partial charge in [0.1, 0.15) is 6.10 Å². The molecule has 282 valence electrons. The molecular formula is C44H82O4. The summed E-state index contributed by atoms with van der Waals surface area (Å²) in [5.41, 5.74) is 0. The Balaban J connectivity index is 4.03. The van der Waals surface area contributed by atoms with E-state index in [-0.39, 0.29) is 18.5 Å². The van der Waals surface area contributed by atoms with Gasteiger partial charge in [-0.15, -0.1) is 0 Å². The molecule has 0 aliphatic heterocycles. The van der Waals surface area contributed by atoms with Gasteiger partial charge in [-0.3, -0.25) is 9.59 Å². The molecule has 0 radical (unpaired) electrons. The van der Waals surface area contributed by atoms with Crippen molar-refractivity contribution in [3.05, 3.63) is 24.3 Å². The summed E-state index contributed by atoms with van der Waals surface area (Å²) in [7, 11) is 0. The highest BCUT2D eigenvalue weighted by Crippen LogP contribution is 2.19. The number of carboxylic acid groups (broad SMARTS) is 1. The topological polar surface area (TPSA) is 63.6 Å². The van der Waals surface area contributed by atoms with Crippen molar-refractivity contribution < 1.29 is 19.4 Å². The first-order chi connectivity index (χ1) is 23.6. The molecule has 1 unspecified atom stereocenters. The van der Waals surface area contributed by atoms with Crippen molar-refractivity contribution in [1.82, 2.24) is 0 Å². The number of rotatable bonds is 39. The van der Waals surface area contributed by atoms with Crippen molar-refractivity contribution in [1.29, 1.82) is 0 Å². The summed E-state index contributed by atoms with van der Waals surface area (Å²) in [6.45, 7) is 4.54. The molecule has 0 bridgehead atoms. The van der Waals surface area contributed by atoms with E-state index in [1.54, 1.807) is 0 Å². The third-order valence-electron chi connectivity index (χ3n) is 9.68. The Morgan fingerprint density at radius 3 is 1.27 bits per heavy atom. The summed E-state index contributed by atoms with van der Waals surface area (Å²) in [5, 5.41) is 8.83. The number of hydrogen-bond acceptors (Lipinski definition) is 3. The first-order valence-corrected chi connectivity index (χ1v) is 21.3. The van der Waals surface area contributed by atoms with Gasteiger partial charge in [0.05, 0.1) is 0 Å². The number of carbonyl (C=O) groups is 2. The summed E-state index contributed by atoms with van der Waals surface area (Å²) < 4.78 is 6.02. The maximum atomic E-state index is 12.7.